The Hall–Kier alpha value is -2.55. The van der Waals surface area contributed by atoms with Gasteiger partial charge in [-0.3, -0.25) is 10.1 Å². The van der Waals surface area contributed by atoms with Gasteiger partial charge >= 0.3 is 0 Å². The quantitative estimate of drug-likeness (QED) is 0.525. The van der Waals surface area contributed by atoms with E-state index in [4.69, 9.17) is 12.2 Å². The van der Waals surface area contributed by atoms with Gasteiger partial charge in [-0.25, -0.2) is 8.42 Å². The second-order valence-electron chi connectivity index (χ2n) is 7.80. The summed E-state index contributed by atoms with van der Waals surface area (Å²) in [6.45, 7) is 5.25. The number of nitrogens with one attached hydrogen (secondary N) is 2. The van der Waals surface area contributed by atoms with Crippen LogP contribution in [0.3, 0.4) is 0 Å². The fourth-order valence-electron chi connectivity index (χ4n) is 3.25. The molecule has 0 spiro atoms. The number of anilines is 1. The third kappa shape index (κ3) is 6.46. The van der Waals surface area contributed by atoms with Crippen LogP contribution in [0.5, 0.6) is 0 Å². The van der Waals surface area contributed by atoms with Gasteiger partial charge in [0, 0.05) is 24.9 Å². The van der Waals surface area contributed by atoms with E-state index in [1.807, 2.05) is 31.2 Å². The molecule has 1 amide bonds. The molecule has 0 unspecified atom stereocenters. The van der Waals surface area contributed by atoms with Gasteiger partial charge in [0.05, 0.1) is 4.90 Å². The summed E-state index contributed by atoms with van der Waals surface area (Å²) in [6.07, 6.45) is 4.88. The fraction of sp³-hybridized carbons (Fsp3) is 0.304. The molecule has 8 heteroatoms. The summed E-state index contributed by atoms with van der Waals surface area (Å²) in [5.41, 5.74) is 2.66. The molecule has 31 heavy (non-hydrogen) atoms. The molecular formula is C23H27N3O3S2. The zero-order valence-electron chi connectivity index (χ0n) is 17.7. The number of piperidine rings is 1. The van der Waals surface area contributed by atoms with E-state index in [1.54, 1.807) is 34.6 Å². The van der Waals surface area contributed by atoms with Gasteiger partial charge < -0.3 is 5.32 Å². The van der Waals surface area contributed by atoms with E-state index in [0.29, 0.717) is 24.7 Å². The topological polar surface area (TPSA) is 78.5 Å². The lowest BCUT2D eigenvalue weighted by atomic mass is 10.0. The Labute approximate surface area is 189 Å². The number of carbonyl (C=O) groups excluding carboxylic acids is 1. The maximum atomic E-state index is 12.8. The van der Waals surface area contributed by atoms with E-state index >= 15 is 0 Å². The fourth-order valence-corrected chi connectivity index (χ4v) is 4.94. The SMILES string of the molecule is Cc1ccc(/C=C/C(=O)NC(=S)Nc2ccc(S(=O)(=O)N3CCC(C)CC3)cc2)cc1. The van der Waals surface area contributed by atoms with Gasteiger partial charge in [0.2, 0.25) is 15.9 Å². The van der Waals surface area contributed by atoms with Crippen LogP contribution in [0, 0.1) is 12.8 Å². The van der Waals surface area contributed by atoms with Crippen molar-refractivity contribution in [3.8, 4) is 0 Å². The van der Waals surface area contributed by atoms with Crippen molar-refractivity contribution in [3.63, 3.8) is 0 Å². The minimum absolute atomic E-state index is 0.138. The molecule has 2 aromatic rings. The lowest BCUT2D eigenvalue weighted by Gasteiger charge is -2.29. The van der Waals surface area contributed by atoms with E-state index in [-0.39, 0.29) is 15.9 Å². The number of hydrogen-bond acceptors (Lipinski definition) is 4. The Bertz CT molecular complexity index is 1050. The van der Waals surface area contributed by atoms with Crippen LogP contribution in [0.2, 0.25) is 0 Å². The van der Waals surface area contributed by atoms with E-state index in [0.717, 1.165) is 24.0 Å². The first kappa shape index (κ1) is 23.1. The van der Waals surface area contributed by atoms with Gasteiger partial charge in [0.15, 0.2) is 5.11 Å². The molecule has 164 valence electrons. The average Bonchev–Trinajstić information content (AvgIpc) is 2.74. The number of thiocarbonyl (C=S) groups is 1. The molecule has 0 atom stereocenters. The van der Waals surface area contributed by atoms with E-state index in [2.05, 4.69) is 17.6 Å². The van der Waals surface area contributed by atoms with Crippen LogP contribution in [0.15, 0.2) is 59.5 Å². The van der Waals surface area contributed by atoms with Crippen molar-refractivity contribution in [1.29, 1.82) is 0 Å². The summed E-state index contributed by atoms with van der Waals surface area (Å²) >= 11 is 5.18. The number of sulfonamides is 1. The van der Waals surface area contributed by atoms with Gasteiger partial charge in [-0.15, -0.1) is 0 Å². The number of rotatable bonds is 5. The molecule has 1 saturated heterocycles. The Morgan fingerprint density at radius 1 is 1.06 bits per heavy atom. The van der Waals surface area contributed by atoms with E-state index in [1.165, 1.54) is 6.08 Å². The average molecular weight is 458 g/mol. The first-order chi connectivity index (χ1) is 14.7. The molecule has 0 aliphatic carbocycles. The molecule has 0 saturated carbocycles. The summed E-state index contributed by atoms with van der Waals surface area (Å²) in [4.78, 5) is 12.3. The van der Waals surface area contributed by atoms with Gasteiger partial charge in [-0.1, -0.05) is 36.8 Å². The van der Waals surface area contributed by atoms with Crippen molar-refractivity contribution < 1.29 is 13.2 Å². The standard InChI is InChI=1S/C23H27N3O3S2/c1-17-3-5-19(6-4-17)7-12-22(27)25-23(30)24-20-8-10-21(11-9-20)31(28,29)26-15-13-18(2)14-16-26/h3-12,18H,13-16H2,1-2H3,(H2,24,25,27,30)/b12-7+. The second-order valence-corrected chi connectivity index (χ2v) is 10.1. The number of amides is 1. The Balaban J connectivity index is 1.54. The Morgan fingerprint density at radius 3 is 2.29 bits per heavy atom. The molecule has 1 aliphatic heterocycles. The largest absolute Gasteiger partial charge is 0.332 e. The minimum Gasteiger partial charge on any atom is -0.332 e. The maximum absolute atomic E-state index is 12.8. The highest BCUT2D eigenvalue weighted by Crippen LogP contribution is 2.24. The van der Waals surface area contributed by atoms with Gasteiger partial charge in [-0.05, 0) is 73.8 Å². The highest BCUT2D eigenvalue weighted by Gasteiger charge is 2.27. The molecule has 2 aromatic carbocycles. The first-order valence-corrected chi connectivity index (χ1v) is 12.1. The summed E-state index contributed by atoms with van der Waals surface area (Å²) in [7, 11) is -3.49. The highest BCUT2D eigenvalue weighted by molar-refractivity contribution is 7.89. The predicted molar refractivity (Wildman–Crippen MR) is 128 cm³/mol. The van der Waals surface area contributed by atoms with Crippen LogP contribution >= 0.6 is 12.2 Å². The summed E-state index contributed by atoms with van der Waals surface area (Å²) < 4.78 is 27.1. The van der Waals surface area contributed by atoms with E-state index < -0.39 is 10.0 Å². The van der Waals surface area contributed by atoms with Crippen molar-refractivity contribution in [1.82, 2.24) is 9.62 Å². The molecule has 1 aliphatic rings. The van der Waals surface area contributed by atoms with Gasteiger partial charge in [-0.2, -0.15) is 4.31 Å². The zero-order valence-corrected chi connectivity index (χ0v) is 19.3. The first-order valence-electron chi connectivity index (χ1n) is 10.2. The van der Waals surface area contributed by atoms with Crippen LogP contribution in [0.4, 0.5) is 5.69 Å². The lowest BCUT2D eigenvalue weighted by molar-refractivity contribution is -0.115. The Morgan fingerprint density at radius 2 is 1.68 bits per heavy atom. The molecule has 6 nitrogen and oxygen atoms in total. The zero-order chi connectivity index (χ0) is 22.4. The summed E-state index contributed by atoms with van der Waals surface area (Å²) in [5.74, 6) is 0.206. The second kappa shape index (κ2) is 10.2. The molecule has 0 radical (unpaired) electrons. The molecule has 1 fully saturated rings. The van der Waals surface area contributed by atoms with Crippen LogP contribution in [-0.2, 0) is 14.8 Å². The smallest absolute Gasteiger partial charge is 0.250 e. The highest BCUT2D eigenvalue weighted by atomic mass is 32.2. The third-order valence-electron chi connectivity index (χ3n) is 5.23. The van der Waals surface area contributed by atoms with Crippen molar-refractivity contribution in [2.24, 2.45) is 5.92 Å². The third-order valence-corrected chi connectivity index (χ3v) is 7.35. The summed E-state index contributed by atoms with van der Waals surface area (Å²) in [5, 5.41) is 5.62. The minimum atomic E-state index is -3.49. The molecule has 1 heterocycles. The number of hydrogen-bond donors (Lipinski definition) is 2. The maximum Gasteiger partial charge on any atom is 0.250 e. The van der Waals surface area contributed by atoms with Crippen molar-refractivity contribution in [2.45, 2.75) is 31.6 Å². The Kier molecular flexibility index (Phi) is 7.59. The van der Waals surface area contributed by atoms with Crippen LogP contribution < -0.4 is 10.6 Å². The molecule has 3 rings (SSSR count). The monoisotopic (exact) mass is 457 g/mol. The molecular weight excluding hydrogens is 430 g/mol. The van der Waals surface area contributed by atoms with Crippen molar-refractivity contribution in [3.05, 3.63) is 65.7 Å². The van der Waals surface area contributed by atoms with Gasteiger partial charge in [0.25, 0.3) is 0 Å². The number of benzene rings is 2. The lowest BCUT2D eigenvalue weighted by Crippen LogP contribution is -2.37. The summed E-state index contributed by atoms with van der Waals surface area (Å²) in [6, 6.07) is 14.2. The van der Waals surface area contributed by atoms with Crippen LogP contribution in [0.1, 0.15) is 30.9 Å². The van der Waals surface area contributed by atoms with Crippen molar-refractivity contribution in [2.75, 3.05) is 18.4 Å². The van der Waals surface area contributed by atoms with E-state index in [9.17, 15) is 13.2 Å². The van der Waals surface area contributed by atoms with Gasteiger partial charge in [0.1, 0.15) is 0 Å². The molecule has 0 aromatic heterocycles. The predicted octanol–water partition coefficient (Wildman–Crippen LogP) is 3.94. The van der Waals surface area contributed by atoms with Crippen LogP contribution in [-0.4, -0.2) is 36.8 Å². The number of carbonyl (C=O) groups is 1. The molecule has 2 N–H and O–H groups in total. The van der Waals surface area contributed by atoms with Crippen LogP contribution in [0.25, 0.3) is 6.08 Å². The number of nitrogens with zero attached hydrogens (tertiary/aromatic N) is 1. The number of aryl methyl sites for hydroxylation is 1. The normalized spacial score (nSPS) is 15.7. The molecule has 0 bridgehead atoms. The van der Waals surface area contributed by atoms with Crippen molar-refractivity contribution >= 4 is 45.0 Å².